The second-order valence-corrected chi connectivity index (χ2v) is 13.6. The van der Waals surface area contributed by atoms with Crippen LogP contribution in [0.3, 0.4) is 0 Å². The van der Waals surface area contributed by atoms with Crippen molar-refractivity contribution < 1.29 is 28.2 Å². The highest BCUT2D eigenvalue weighted by molar-refractivity contribution is 5.93. The first-order valence-corrected chi connectivity index (χ1v) is 15.7. The summed E-state index contributed by atoms with van der Waals surface area (Å²) in [5.74, 6) is -0.132. The van der Waals surface area contributed by atoms with Crippen molar-refractivity contribution in [2.45, 2.75) is 78.1 Å². The molecule has 1 aliphatic rings. The molecule has 1 atom stereocenters. The molecule has 0 aliphatic carbocycles. The molecule has 6 rings (SSSR count). The van der Waals surface area contributed by atoms with E-state index < -0.39 is 29.2 Å². The summed E-state index contributed by atoms with van der Waals surface area (Å²) in [6.07, 6.45) is 6.88. The monoisotopic (exact) mass is 642 g/mol. The molecule has 1 aromatic carbocycles. The lowest BCUT2D eigenvalue weighted by Gasteiger charge is -2.28. The van der Waals surface area contributed by atoms with Gasteiger partial charge in [-0.25, -0.2) is 19.0 Å². The molecule has 4 aromatic heterocycles. The summed E-state index contributed by atoms with van der Waals surface area (Å²) in [6.45, 7) is 11.6. The van der Waals surface area contributed by atoms with Gasteiger partial charge >= 0.3 is 12.2 Å². The maximum atomic E-state index is 14.3. The number of para-hydroxylation sites is 1. The fourth-order valence-corrected chi connectivity index (χ4v) is 5.67. The molecule has 1 aliphatic heterocycles. The fourth-order valence-electron chi connectivity index (χ4n) is 5.67. The maximum Gasteiger partial charge on any atom is 0.419 e. The molecule has 0 radical (unpaired) electrons. The average Bonchev–Trinajstić information content (AvgIpc) is 3.74. The number of aromatic nitrogens is 5. The Morgan fingerprint density at radius 2 is 1.81 bits per heavy atom. The number of rotatable bonds is 6. The molecule has 5 heterocycles. The van der Waals surface area contributed by atoms with E-state index in [2.05, 4.69) is 10.1 Å². The average molecular weight is 643 g/mol. The van der Waals surface area contributed by atoms with Crippen LogP contribution in [0.4, 0.5) is 19.8 Å². The lowest BCUT2D eigenvalue weighted by molar-refractivity contribution is 0.0540. The third kappa shape index (κ3) is 6.97. The van der Waals surface area contributed by atoms with Crippen molar-refractivity contribution in [1.82, 2.24) is 24.1 Å². The molecular formula is C35H39FN6O5. The summed E-state index contributed by atoms with van der Waals surface area (Å²) < 4.78 is 35.0. The summed E-state index contributed by atoms with van der Waals surface area (Å²) in [4.78, 5) is 37.5. The third-order valence-electron chi connectivity index (χ3n) is 7.64. The smallest absolute Gasteiger partial charge is 0.419 e. The Hall–Kier alpha value is -4.84. The van der Waals surface area contributed by atoms with Crippen molar-refractivity contribution in [1.29, 1.82) is 0 Å². The lowest BCUT2D eigenvalue weighted by Crippen LogP contribution is -2.39. The molecule has 1 fully saturated rings. The Kier molecular flexibility index (Phi) is 8.47. The van der Waals surface area contributed by atoms with Crippen molar-refractivity contribution in [2.24, 2.45) is 0 Å². The van der Waals surface area contributed by atoms with Crippen molar-refractivity contribution in [3.8, 4) is 11.3 Å². The van der Waals surface area contributed by atoms with Gasteiger partial charge in [0.1, 0.15) is 22.8 Å². The van der Waals surface area contributed by atoms with Gasteiger partial charge in [-0.1, -0.05) is 18.2 Å². The standard InChI is InChI=1S/C35H39FN6O5/c1-34(2,3)46-32(43)40(14-13-22-21-41(33(44)47-35(4,5)6)28-11-8-7-10-25(22)28)30-17-27(23-16-24(36)19-37-18-23)39-31-26(20-38-42(30)31)29-12-9-15-45-29/h7-8,10-11,16-21,29H,9,12-15H2,1-6H3. The van der Waals surface area contributed by atoms with E-state index in [1.165, 1.54) is 21.7 Å². The molecule has 11 nitrogen and oxygen atoms in total. The number of fused-ring (bicyclic) bond motifs is 2. The number of nitrogens with zero attached hydrogens (tertiary/aromatic N) is 6. The molecular weight excluding hydrogens is 603 g/mol. The summed E-state index contributed by atoms with van der Waals surface area (Å²) in [6, 6.07) is 10.6. The number of carbonyl (C=O) groups excluding carboxylic acids is 2. The molecule has 0 bridgehead atoms. The molecule has 47 heavy (non-hydrogen) atoms. The van der Waals surface area contributed by atoms with E-state index >= 15 is 0 Å². The number of pyridine rings is 1. The van der Waals surface area contributed by atoms with Crippen molar-refractivity contribution in [3.63, 3.8) is 0 Å². The molecule has 5 aromatic rings. The van der Waals surface area contributed by atoms with E-state index in [0.29, 0.717) is 41.3 Å². The van der Waals surface area contributed by atoms with Crippen LogP contribution in [0.2, 0.25) is 0 Å². The SMILES string of the molecule is CC(C)(C)OC(=O)N(CCc1cn(C(=O)OC(C)(C)C)c2ccccc12)c1cc(-c2cncc(F)c2)nc2c(C3CCCO3)cnn12. The van der Waals surface area contributed by atoms with Crippen LogP contribution in [0.25, 0.3) is 27.8 Å². The predicted molar refractivity (Wildman–Crippen MR) is 175 cm³/mol. The van der Waals surface area contributed by atoms with Gasteiger partial charge in [-0.2, -0.15) is 9.61 Å². The molecule has 1 unspecified atom stereocenters. The minimum Gasteiger partial charge on any atom is -0.443 e. The van der Waals surface area contributed by atoms with Crippen LogP contribution < -0.4 is 4.90 Å². The normalized spacial score (nSPS) is 15.3. The van der Waals surface area contributed by atoms with Crippen LogP contribution in [0.1, 0.15) is 71.6 Å². The zero-order chi connectivity index (χ0) is 33.5. The summed E-state index contributed by atoms with van der Waals surface area (Å²) in [5, 5.41) is 5.51. The number of amides is 1. The van der Waals surface area contributed by atoms with Gasteiger partial charge in [0.05, 0.1) is 29.7 Å². The van der Waals surface area contributed by atoms with Crippen LogP contribution in [0, 0.1) is 5.82 Å². The first kappa shape index (κ1) is 32.1. The molecule has 0 saturated carbocycles. The largest absolute Gasteiger partial charge is 0.443 e. The van der Waals surface area contributed by atoms with Gasteiger partial charge in [-0.3, -0.25) is 14.5 Å². The lowest BCUT2D eigenvalue weighted by atomic mass is 10.1. The maximum absolute atomic E-state index is 14.3. The zero-order valence-electron chi connectivity index (χ0n) is 27.5. The number of ether oxygens (including phenoxy) is 3. The molecule has 1 saturated heterocycles. The third-order valence-corrected chi connectivity index (χ3v) is 7.64. The van der Waals surface area contributed by atoms with Crippen LogP contribution in [0.5, 0.6) is 0 Å². The van der Waals surface area contributed by atoms with E-state index in [1.54, 1.807) is 43.7 Å². The Bertz CT molecular complexity index is 1950. The van der Waals surface area contributed by atoms with Gasteiger partial charge in [0, 0.05) is 48.1 Å². The van der Waals surface area contributed by atoms with Gasteiger partial charge in [0.2, 0.25) is 0 Å². The topological polar surface area (TPSA) is 113 Å². The second-order valence-electron chi connectivity index (χ2n) is 13.6. The zero-order valence-corrected chi connectivity index (χ0v) is 27.5. The van der Waals surface area contributed by atoms with Crippen LogP contribution in [-0.4, -0.2) is 60.7 Å². The molecule has 0 spiro atoms. The summed E-state index contributed by atoms with van der Waals surface area (Å²) in [5.41, 5.74) is 2.18. The Morgan fingerprint density at radius 3 is 2.51 bits per heavy atom. The Morgan fingerprint density at radius 1 is 1.04 bits per heavy atom. The molecule has 0 N–H and O–H groups in total. The van der Waals surface area contributed by atoms with Gasteiger partial charge < -0.3 is 14.2 Å². The van der Waals surface area contributed by atoms with E-state index in [4.69, 9.17) is 19.2 Å². The molecule has 12 heteroatoms. The fraction of sp³-hybridized carbons (Fsp3) is 0.400. The highest BCUT2D eigenvalue weighted by atomic mass is 19.1. The highest BCUT2D eigenvalue weighted by Gasteiger charge is 2.30. The Labute approximate surface area is 272 Å². The minimum atomic E-state index is -0.795. The Balaban J connectivity index is 1.46. The number of carbonyl (C=O) groups is 2. The predicted octanol–water partition coefficient (Wildman–Crippen LogP) is 7.50. The van der Waals surface area contributed by atoms with Crippen molar-refractivity contribution in [2.75, 3.05) is 18.1 Å². The van der Waals surface area contributed by atoms with Crippen molar-refractivity contribution >= 4 is 34.6 Å². The molecule has 1 amide bonds. The highest BCUT2D eigenvalue weighted by Crippen LogP contribution is 2.34. The number of anilines is 1. The first-order chi connectivity index (χ1) is 22.3. The van der Waals surface area contributed by atoms with Crippen LogP contribution in [-0.2, 0) is 20.6 Å². The second kappa shape index (κ2) is 12.4. The molecule has 246 valence electrons. The number of hydrogen-bond donors (Lipinski definition) is 0. The number of benzene rings is 1. The van der Waals surface area contributed by atoms with Gasteiger partial charge in [-0.05, 0) is 78.5 Å². The van der Waals surface area contributed by atoms with E-state index in [-0.39, 0.29) is 12.6 Å². The first-order valence-electron chi connectivity index (χ1n) is 15.7. The van der Waals surface area contributed by atoms with Gasteiger partial charge in [0.25, 0.3) is 0 Å². The van der Waals surface area contributed by atoms with E-state index in [1.807, 2.05) is 45.0 Å². The summed E-state index contributed by atoms with van der Waals surface area (Å²) >= 11 is 0. The van der Waals surface area contributed by atoms with E-state index in [9.17, 15) is 14.0 Å². The van der Waals surface area contributed by atoms with Gasteiger partial charge in [-0.15, -0.1) is 0 Å². The van der Waals surface area contributed by atoms with Crippen LogP contribution >= 0.6 is 0 Å². The summed E-state index contributed by atoms with van der Waals surface area (Å²) in [7, 11) is 0. The van der Waals surface area contributed by atoms with Crippen molar-refractivity contribution in [3.05, 3.63) is 78.1 Å². The van der Waals surface area contributed by atoms with Crippen LogP contribution in [0.15, 0.2) is 61.2 Å². The number of halogens is 1. The van der Waals surface area contributed by atoms with Gasteiger partial charge in [0.15, 0.2) is 5.65 Å². The number of hydrogen-bond acceptors (Lipinski definition) is 8. The van der Waals surface area contributed by atoms with E-state index in [0.717, 1.165) is 35.6 Å². The quantitative estimate of drug-likeness (QED) is 0.187. The minimum absolute atomic E-state index is 0.159.